The predicted octanol–water partition coefficient (Wildman–Crippen LogP) is -2.13. The van der Waals surface area contributed by atoms with Gasteiger partial charge in [0.1, 0.15) is 24.0 Å². The number of carbonyl (C=O) groups excluding carboxylic acids is 1. The maximum absolute atomic E-state index is 11.5. The highest BCUT2D eigenvalue weighted by Crippen LogP contribution is 2.12. The quantitative estimate of drug-likeness (QED) is 0.345. The van der Waals surface area contributed by atoms with E-state index in [1.807, 2.05) is 0 Å². The Kier molecular flexibility index (Phi) is 5.74. The Bertz CT molecular complexity index is 239. The van der Waals surface area contributed by atoms with E-state index in [0.717, 1.165) is 0 Å². The van der Waals surface area contributed by atoms with Gasteiger partial charge < -0.3 is 25.5 Å². The first kappa shape index (κ1) is 15.7. The molecule has 0 aliphatic heterocycles. The Morgan fingerprint density at radius 2 is 1.56 bits per heavy atom. The van der Waals surface area contributed by atoms with Gasteiger partial charge in [-0.3, -0.25) is 4.79 Å². The molecule has 4 atom stereocenters. The predicted molar refractivity (Wildman–Crippen MR) is 59.5 cm³/mol. The molecule has 0 aromatic heterocycles. The Balaban J connectivity index is 4.62. The van der Waals surface area contributed by atoms with Gasteiger partial charge in [-0.05, 0) is 0 Å². The molecular formula is C9H20O6Si. The van der Waals surface area contributed by atoms with Crippen LogP contribution in [-0.2, 0) is 4.79 Å². The van der Waals surface area contributed by atoms with Crippen LogP contribution in [0.5, 0.6) is 0 Å². The van der Waals surface area contributed by atoms with Crippen molar-refractivity contribution >= 4 is 13.9 Å². The zero-order valence-corrected chi connectivity index (χ0v) is 10.7. The number of carbonyl (C=O) groups is 1. The van der Waals surface area contributed by atoms with E-state index in [-0.39, 0.29) is 0 Å². The zero-order chi connectivity index (χ0) is 13.1. The van der Waals surface area contributed by atoms with Gasteiger partial charge in [-0.15, -0.1) is 0 Å². The molecule has 96 valence electrons. The van der Waals surface area contributed by atoms with E-state index in [2.05, 4.69) is 0 Å². The number of Topliss-reactive ketones (excluding diaryl/α,β-unsaturated/α-hetero) is 1. The maximum atomic E-state index is 11.5. The van der Waals surface area contributed by atoms with Gasteiger partial charge in [-0.1, -0.05) is 19.6 Å². The van der Waals surface area contributed by atoms with E-state index in [4.69, 9.17) is 10.2 Å². The number of ketones is 1. The molecule has 0 aliphatic rings. The van der Waals surface area contributed by atoms with Crippen molar-refractivity contribution < 1.29 is 30.3 Å². The number of aliphatic hydroxyl groups excluding tert-OH is 5. The van der Waals surface area contributed by atoms with Gasteiger partial charge in [0.15, 0.2) is 5.78 Å². The Hall–Kier alpha value is -0.313. The van der Waals surface area contributed by atoms with Crippen LogP contribution in [0.1, 0.15) is 0 Å². The molecule has 0 heterocycles. The largest absolute Gasteiger partial charge is 0.394 e. The third-order valence-electron chi connectivity index (χ3n) is 2.29. The molecule has 1 unspecified atom stereocenters. The summed E-state index contributed by atoms with van der Waals surface area (Å²) in [6.45, 7) is 4.43. The Morgan fingerprint density at radius 1 is 1.12 bits per heavy atom. The van der Waals surface area contributed by atoms with E-state index in [1.165, 1.54) is 0 Å². The minimum atomic E-state index is -2.19. The molecule has 16 heavy (non-hydrogen) atoms. The van der Waals surface area contributed by atoms with Crippen molar-refractivity contribution in [1.82, 2.24) is 0 Å². The zero-order valence-electron chi connectivity index (χ0n) is 9.66. The van der Waals surface area contributed by atoms with Gasteiger partial charge in [-0.2, -0.15) is 0 Å². The fourth-order valence-electron chi connectivity index (χ4n) is 1.08. The summed E-state index contributed by atoms with van der Waals surface area (Å²) in [7, 11) is -2.19. The minimum Gasteiger partial charge on any atom is -0.394 e. The van der Waals surface area contributed by atoms with Gasteiger partial charge in [0.25, 0.3) is 0 Å². The number of rotatable bonds is 6. The molecular weight excluding hydrogens is 232 g/mol. The van der Waals surface area contributed by atoms with Crippen LogP contribution in [-0.4, -0.2) is 70.0 Å². The van der Waals surface area contributed by atoms with Gasteiger partial charge in [-0.25, -0.2) is 0 Å². The van der Waals surface area contributed by atoms with Crippen LogP contribution in [0, 0.1) is 0 Å². The molecule has 0 amide bonds. The average molecular weight is 252 g/mol. The van der Waals surface area contributed by atoms with Crippen LogP contribution >= 0.6 is 0 Å². The average Bonchev–Trinajstić information content (AvgIpc) is 2.22. The Morgan fingerprint density at radius 3 is 1.88 bits per heavy atom. The molecule has 0 bridgehead atoms. The summed E-state index contributed by atoms with van der Waals surface area (Å²) in [4.78, 5) is 11.5. The van der Waals surface area contributed by atoms with Crippen molar-refractivity contribution in [2.75, 3.05) is 6.61 Å². The fraction of sp³-hybridized carbons (Fsp3) is 0.889. The first-order valence-corrected chi connectivity index (χ1v) is 8.57. The lowest BCUT2D eigenvalue weighted by molar-refractivity contribution is -0.145. The molecule has 7 heteroatoms. The third-order valence-corrected chi connectivity index (χ3v) is 4.21. The number of hydrogen-bond acceptors (Lipinski definition) is 6. The van der Waals surface area contributed by atoms with E-state index >= 15 is 0 Å². The smallest absolute Gasteiger partial charge is 0.188 e. The van der Waals surface area contributed by atoms with Crippen molar-refractivity contribution in [2.45, 2.75) is 43.7 Å². The summed E-state index contributed by atoms with van der Waals surface area (Å²) < 4.78 is 0. The number of aliphatic hydroxyl groups is 5. The highest BCUT2D eigenvalue weighted by Gasteiger charge is 2.39. The van der Waals surface area contributed by atoms with E-state index in [9.17, 15) is 20.1 Å². The van der Waals surface area contributed by atoms with Crippen molar-refractivity contribution in [1.29, 1.82) is 0 Å². The second kappa shape index (κ2) is 5.85. The molecule has 0 aromatic carbocycles. The summed E-state index contributed by atoms with van der Waals surface area (Å²) in [5.41, 5.74) is -1.32. The van der Waals surface area contributed by atoms with E-state index in [1.54, 1.807) is 19.6 Å². The highest BCUT2D eigenvalue weighted by atomic mass is 28.3. The third kappa shape index (κ3) is 3.93. The van der Waals surface area contributed by atoms with Crippen molar-refractivity contribution in [3.63, 3.8) is 0 Å². The molecule has 0 aromatic rings. The fourth-order valence-corrected chi connectivity index (χ4v) is 2.10. The van der Waals surface area contributed by atoms with Crippen molar-refractivity contribution in [2.24, 2.45) is 0 Å². The second-order valence-corrected chi connectivity index (χ2v) is 10.1. The van der Waals surface area contributed by atoms with Crippen molar-refractivity contribution in [3.8, 4) is 0 Å². The molecule has 0 radical (unpaired) electrons. The topological polar surface area (TPSA) is 118 Å². The standard InChI is InChI=1S/C9H20O6Si/c1-16(2,3)9(15)8(14)7(13)6(12)5(11)4-10/h5-7,9-13,15H,4H2,1-3H3/t5-,6-,7-,9?/m1/s1. The lowest BCUT2D eigenvalue weighted by Crippen LogP contribution is -2.53. The van der Waals surface area contributed by atoms with Crippen molar-refractivity contribution in [3.05, 3.63) is 0 Å². The van der Waals surface area contributed by atoms with Crippen LogP contribution in [0.3, 0.4) is 0 Å². The molecule has 6 nitrogen and oxygen atoms in total. The Labute approximate surface area is 95.2 Å². The first-order chi connectivity index (χ1) is 7.12. The lowest BCUT2D eigenvalue weighted by Gasteiger charge is -2.27. The highest BCUT2D eigenvalue weighted by molar-refractivity contribution is 6.80. The molecule has 0 fully saturated rings. The molecule has 0 spiro atoms. The van der Waals surface area contributed by atoms with Gasteiger partial charge in [0, 0.05) is 0 Å². The normalized spacial score (nSPS) is 20.0. The summed E-state index contributed by atoms with van der Waals surface area (Å²) in [6, 6.07) is 0. The minimum absolute atomic E-state index is 0.769. The van der Waals surface area contributed by atoms with Crippen LogP contribution in [0.25, 0.3) is 0 Å². The first-order valence-electron chi connectivity index (χ1n) is 4.99. The van der Waals surface area contributed by atoms with Gasteiger partial charge in [0.2, 0.25) is 0 Å². The molecule has 0 rings (SSSR count). The van der Waals surface area contributed by atoms with Crippen LogP contribution in [0.15, 0.2) is 0 Å². The second-order valence-electron chi connectivity index (χ2n) is 4.86. The molecule has 0 saturated carbocycles. The summed E-state index contributed by atoms with van der Waals surface area (Å²) in [5.74, 6) is -0.917. The maximum Gasteiger partial charge on any atom is 0.188 e. The van der Waals surface area contributed by atoms with Crippen LogP contribution < -0.4 is 0 Å². The lowest BCUT2D eigenvalue weighted by atomic mass is 10.1. The molecule has 0 saturated heterocycles. The molecule has 5 N–H and O–H groups in total. The van der Waals surface area contributed by atoms with Gasteiger partial charge in [0.05, 0.1) is 14.7 Å². The van der Waals surface area contributed by atoms with Crippen LogP contribution in [0.4, 0.5) is 0 Å². The monoisotopic (exact) mass is 252 g/mol. The van der Waals surface area contributed by atoms with Gasteiger partial charge >= 0.3 is 0 Å². The van der Waals surface area contributed by atoms with E-state index in [0.29, 0.717) is 0 Å². The number of hydrogen-bond donors (Lipinski definition) is 5. The van der Waals surface area contributed by atoms with Crippen LogP contribution in [0.2, 0.25) is 19.6 Å². The summed E-state index contributed by atoms with van der Waals surface area (Å²) in [6.07, 6.45) is -5.28. The summed E-state index contributed by atoms with van der Waals surface area (Å²) in [5, 5.41) is 45.9. The molecule has 0 aliphatic carbocycles. The van der Waals surface area contributed by atoms with E-state index < -0.39 is 44.5 Å². The SMILES string of the molecule is C[Si](C)(C)C(O)C(=O)[C@H](O)[C@H](O)[C@H](O)CO. The summed E-state index contributed by atoms with van der Waals surface area (Å²) >= 11 is 0.